The van der Waals surface area contributed by atoms with Crippen molar-refractivity contribution < 1.29 is 4.42 Å². The fraction of sp³-hybridized carbons (Fsp3) is 0.0417. The van der Waals surface area contributed by atoms with Gasteiger partial charge in [0, 0.05) is 43.9 Å². The Hall–Kier alpha value is -6.56. The van der Waals surface area contributed by atoms with Crippen molar-refractivity contribution in [3.8, 4) is 50.7 Å². The van der Waals surface area contributed by atoms with E-state index in [1.165, 1.54) is 37.7 Å². The van der Waals surface area contributed by atoms with E-state index in [1.807, 2.05) is 12.1 Å². The van der Waals surface area contributed by atoms with Crippen LogP contribution in [0.3, 0.4) is 0 Å². The number of rotatable bonds is 4. The molecule has 3 aromatic heterocycles. The highest BCUT2D eigenvalue weighted by Gasteiger charge is 2.41. The van der Waals surface area contributed by atoms with Crippen LogP contribution in [-0.4, -0.2) is 22.6 Å². The Morgan fingerprint density at radius 3 is 1.92 bits per heavy atom. The smallest absolute Gasteiger partial charge is 0.160 e. The van der Waals surface area contributed by atoms with Crippen LogP contribution in [0, 0.1) is 0 Å². The van der Waals surface area contributed by atoms with E-state index in [-0.39, 0.29) is 0 Å². The lowest BCUT2D eigenvalue weighted by atomic mass is 9.99. The maximum atomic E-state index is 6.48. The van der Waals surface area contributed by atoms with Crippen molar-refractivity contribution >= 4 is 62.2 Å². The Bertz CT molecular complexity index is 3060. The number of para-hydroxylation sites is 4. The van der Waals surface area contributed by atoms with Crippen molar-refractivity contribution in [3.63, 3.8) is 0 Å². The van der Waals surface area contributed by atoms with E-state index >= 15 is 0 Å². The fourth-order valence-corrected chi connectivity index (χ4v) is 12.0. The molecule has 0 saturated carbocycles. The Morgan fingerprint density at radius 1 is 0.491 bits per heavy atom. The molecule has 1 aliphatic heterocycles. The normalized spacial score (nSPS) is 13.2. The van der Waals surface area contributed by atoms with Crippen molar-refractivity contribution in [1.82, 2.24) is 14.5 Å². The first-order valence-corrected chi connectivity index (χ1v) is 21.2. The van der Waals surface area contributed by atoms with Gasteiger partial charge >= 0.3 is 0 Å². The Labute approximate surface area is 307 Å². The molecule has 0 N–H and O–H groups in total. The van der Waals surface area contributed by atoms with Gasteiger partial charge in [0.15, 0.2) is 5.82 Å². The minimum absolute atomic E-state index is 0.729. The summed E-state index contributed by atoms with van der Waals surface area (Å²) in [4.78, 5) is 11.0. The fourth-order valence-electron chi connectivity index (χ4n) is 8.75. The summed E-state index contributed by atoms with van der Waals surface area (Å²) in [5, 5.41) is 7.44. The van der Waals surface area contributed by atoms with Gasteiger partial charge in [-0.15, -0.1) is 0 Å². The first-order valence-electron chi connectivity index (χ1n) is 18.2. The molecule has 53 heavy (non-hydrogen) atoms. The molecule has 0 radical (unpaired) electrons. The molecule has 0 atom stereocenters. The van der Waals surface area contributed by atoms with Crippen LogP contribution in [0.4, 0.5) is 0 Å². The topological polar surface area (TPSA) is 43.9 Å². The van der Waals surface area contributed by atoms with Gasteiger partial charge in [-0.2, -0.15) is 0 Å². The molecule has 10 aromatic rings. The number of hydrogen-bond acceptors (Lipinski definition) is 3. The summed E-state index contributed by atoms with van der Waals surface area (Å²) < 4.78 is 8.84. The van der Waals surface area contributed by atoms with Gasteiger partial charge in [0.25, 0.3) is 0 Å². The van der Waals surface area contributed by atoms with Gasteiger partial charge < -0.3 is 8.98 Å². The summed E-state index contributed by atoms with van der Waals surface area (Å²) in [6.07, 6.45) is 0. The lowest BCUT2D eigenvalue weighted by Crippen LogP contribution is -2.50. The molecule has 0 fully saturated rings. The van der Waals surface area contributed by atoms with Crippen molar-refractivity contribution in [3.05, 3.63) is 164 Å². The van der Waals surface area contributed by atoms with Gasteiger partial charge in [0.05, 0.1) is 22.4 Å². The first-order chi connectivity index (χ1) is 26.0. The summed E-state index contributed by atoms with van der Waals surface area (Å²) in [5.41, 5.74) is 12.8. The molecule has 4 nitrogen and oxygen atoms in total. The van der Waals surface area contributed by atoms with E-state index in [9.17, 15) is 0 Å². The van der Waals surface area contributed by atoms with Crippen LogP contribution in [-0.2, 0) is 0 Å². The molecular formula is C48H33N3OSi. The molecule has 0 aliphatic carbocycles. The van der Waals surface area contributed by atoms with E-state index in [1.54, 1.807) is 0 Å². The molecule has 1 aliphatic rings. The average Bonchev–Trinajstić information content (AvgIpc) is 3.83. The first kappa shape index (κ1) is 30.1. The Balaban J connectivity index is 1.13. The van der Waals surface area contributed by atoms with Crippen LogP contribution in [0.1, 0.15) is 0 Å². The third kappa shape index (κ3) is 4.41. The van der Waals surface area contributed by atoms with E-state index in [4.69, 9.17) is 14.4 Å². The number of nitrogens with zero attached hydrogens (tertiary/aromatic N) is 3. The SMILES string of the molecule is C[Si]1(C)c2ccccc2-c2nc(-c3cccc(-n4c5ccccc5c5ccccc54)c3)nc(-c3cccc(-c4cccc5c4oc4ccccc45)c3)c21. The zero-order chi connectivity index (χ0) is 35.3. The van der Waals surface area contributed by atoms with E-state index < -0.39 is 8.07 Å². The van der Waals surface area contributed by atoms with Crippen LogP contribution in [0.2, 0.25) is 13.1 Å². The monoisotopic (exact) mass is 695 g/mol. The van der Waals surface area contributed by atoms with Crippen LogP contribution in [0.25, 0.3) is 94.5 Å². The molecule has 0 bridgehead atoms. The highest BCUT2D eigenvalue weighted by molar-refractivity contribution is 7.04. The standard InChI is InChI=1S/C48H33N3OSi/c1-53(2)43-27-10-6-21-39(43)45-47(53)44(31-15-11-14-30(28-31)34-22-13-23-38-37-20-5-9-26-42(37)52-46(34)38)49-48(50-45)32-16-12-17-33(29-32)51-40-24-7-3-18-35(40)36-19-4-8-25-41(36)51/h3-29H,1-2H3. The molecule has 4 heterocycles. The average molecular weight is 696 g/mol. The minimum Gasteiger partial charge on any atom is -0.455 e. The largest absolute Gasteiger partial charge is 0.455 e. The number of furan rings is 1. The zero-order valence-corrected chi connectivity index (χ0v) is 30.3. The third-order valence-electron chi connectivity index (χ3n) is 11.2. The molecule has 5 heteroatoms. The number of benzene rings is 7. The van der Waals surface area contributed by atoms with Crippen molar-refractivity contribution in [2.45, 2.75) is 13.1 Å². The molecule has 250 valence electrons. The number of fused-ring (bicyclic) bond motifs is 9. The lowest BCUT2D eigenvalue weighted by Gasteiger charge is -2.22. The van der Waals surface area contributed by atoms with Gasteiger partial charge in [0.2, 0.25) is 0 Å². The second kappa shape index (κ2) is 11.2. The lowest BCUT2D eigenvalue weighted by molar-refractivity contribution is 0.670. The predicted octanol–water partition coefficient (Wildman–Crippen LogP) is 11.3. The van der Waals surface area contributed by atoms with Gasteiger partial charge in [-0.3, -0.25) is 0 Å². The van der Waals surface area contributed by atoms with Crippen molar-refractivity contribution in [1.29, 1.82) is 0 Å². The van der Waals surface area contributed by atoms with Crippen molar-refractivity contribution in [2.24, 2.45) is 0 Å². The summed E-state index contributed by atoms with van der Waals surface area (Å²) in [7, 11) is -2.16. The highest BCUT2D eigenvalue weighted by Crippen LogP contribution is 2.39. The summed E-state index contributed by atoms with van der Waals surface area (Å²) in [5.74, 6) is 0.729. The maximum Gasteiger partial charge on any atom is 0.160 e. The van der Waals surface area contributed by atoms with Crippen LogP contribution < -0.4 is 10.4 Å². The Kier molecular flexibility index (Phi) is 6.37. The summed E-state index contributed by atoms with van der Waals surface area (Å²) in [6, 6.07) is 58.4. The summed E-state index contributed by atoms with van der Waals surface area (Å²) >= 11 is 0. The summed E-state index contributed by atoms with van der Waals surface area (Å²) in [6.45, 7) is 4.87. The maximum absolute atomic E-state index is 6.48. The molecule has 0 saturated heterocycles. The third-order valence-corrected chi connectivity index (χ3v) is 14.7. The second-order valence-corrected chi connectivity index (χ2v) is 18.9. The van der Waals surface area contributed by atoms with Crippen LogP contribution in [0.15, 0.2) is 168 Å². The Morgan fingerprint density at radius 2 is 1.09 bits per heavy atom. The van der Waals surface area contributed by atoms with E-state index in [0.29, 0.717) is 0 Å². The van der Waals surface area contributed by atoms with Crippen LogP contribution >= 0.6 is 0 Å². The van der Waals surface area contributed by atoms with Gasteiger partial charge in [-0.05, 0) is 57.9 Å². The number of hydrogen-bond donors (Lipinski definition) is 0. The quantitative estimate of drug-likeness (QED) is 0.172. The van der Waals surface area contributed by atoms with Gasteiger partial charge in [0.1, 0.15) is 19.2 Å². The van der Waals surface area contributed by atoms with Gasteiger partial charge in [-0.1, -0.05) is 140 Å². The molecular weight excluding hydrogens is 663 g/mol. The minimum atomic E-state index is -2.16. The molecule has 11 rings (SSSR count). The predicted molar refractivity (Wildman–Crippen MR) is 222 cm³/mol. The molecule has 7 aromatic carbocycles. The molecule has 0 unspecified atom stereocenters. The zero-order valence-electron chi connectivity index (χ0n) is 29.3. The van der Waals surface area contributed by atoms with Crippen molar-refractivity contribution in [2.75, 3.05) is 0 Å². The molecule has 0 amide bonds. The highest BCUT2D eigenvalue weighted by atomic mass is 28.3. The van der Waals surface area contributed by atoms with Gasteiger partial charge in [-0.25, -0.2) is 9.97 Å². The molecule has 0 spiro atoms. The van der Waals surface area contributed by atoms with E-state index in [2.05, 4.69) is 169 Å². The number of aromatic nitrogens is 3. The second-order valence-electron chi connectivity index (χ2n) is 14.6. The van der Waals surface area contributed by atoms with Crippen LogP contribution in [0.5, 0.6) is 0 Å². The van der Waals surface area contributed by atoms with E-state index in [0.717, 1.165) is 67.1 Å².